The van der Waals surface area contributed by atoms with Gasteiger partial charge in [-0.1, -0.05) is 18.2 Å². The molecule has 1 aliphatic rings. The van der Waals surface area contributed by atoms with Gasteiger partial charge in [-0.15, -0.1) is 0 Å². The fourth-order valence-electron chi connectivity index (χ4n) is 3.02. The van der Waals surface area contributed by atoms with Crippen molar-refractivity contribution in [1.82, 2.24) is 19.9 Å². The molecule has 2 aromatic heterocycles. The number of nitrogens with one attached hydrogen (secondary N) is 2. The number of fused-ring (bicyclic) bond motifs is 1. The zero-order valence-electron chi connectivity index (χ0n) is 15.5. The smallest absolute Gasteiger partial charge is 0.320 e. The van der Waals surface area contributed by atoms with Crippen molar-refractivity contribution in [2.24, 2.45) is 5.10 Å². The van der Waals surface area contributed by atoms with Crippen molar-refractivity contribution >= 4 is 28.8 Å². The lowest BCUT2D eigenvalue weighted by atomic mass is 10.2. The van der Waals surface area contributed by atoms with Crippen LogP contribution in [0.15, 0.2) is 41.6 Å². The lowest BCUT2D eigenvalue weighted by Gasteiger charge is -2.26. The lowest BCUT2D eigenvalue weighted by molar-refractivity contribution is 0.0317. The lowest BCUT2D eigenvalue weighted by Crippen LogP contribution is -2.38. The van der Waals surface area contributed by atoms with Crippen LogP contribution in [0.2, 0.25) is 0 Å². The normalized spacial score (nSPS) is 15.3. The zero-order valence-corrected chi connectivity index (χ0v) is 15.5. The largest absolute Gasteiger partial charge is 0.462 e. The molecule has 0 spiro atoms. The van der Waals surface area contributed by atoms with Gasteiger partial charge in [0.05, 0.1) is 19.4 Å². The average molecular weight is 381 g/mol. The number of rotatable bonds is 7. The minimum absolute atomic E-state index is 0.234. The molecule has 1 saturated heterocycles. The SMILES string of the molecule is Nc1cc(NN=Cc2c[nH]c3ccccc23)nc(OCCN2CCOCC2)n1. The van der Waals surface area contributed by atoms with Gasteiger partial charge in [-0.2, -0.15) is 15.1 Å². The van der Waals surface area contributed by atoms with E-state index in [2.05, 4.69) is 30.4 Å². The van der Waals surface area contributed by atoms with Crippen LogP contribution in [0.4, 0.5) is 11.6 Å². The highest BCUT2D eigenvalue weighted by atomic mass is 16.5. The number of aromatic amines is 1. The molecule has 146 valence electrons. The highest BCUT2D eigenvalue weighted by Gasteiger charge is 2.10. The van der Waals surface area contributed by atoms with Gasteiger partial charge >= 0.3 is 6.01 Å². The molecule has 9 nitrogen and oxygen atoms in total. The van der Waals surface area contributed by atoms with Gasteiger partial charge in [0.1, 0.15) is 12.4 Å². The number of hydrogen-bond acceptors (Lipinski definition) is 8. The molecule has 4 rings (SSSR count). The number of hydrogen-bond donors (Lipinski definition) is 3. The Balaban J connectivity index is 1.35. The molecule has 0 atom stereocenters. The van der Waals surface area contributed by atoms with E-state index >= 15 is 0 Å². The number of hydrazone groups is 1. The summed E-state index contributed by atoms with van der Waals surface area (Å²) in [6.45, 7) is 4.63. The van der Waals surface area contributed by atoms with E-state index in [1.807, 2.05) is 30.5 Å². The van der Waals surface area contributed by atoms with Crippen molar-refractivity contribution in [1.29, 1.82) is 0 Å². The van der Waals surface area contributed by atoms with E-state index in [4.69, 9.17) is 15.2 Å². The highest BCUT2D eigenvalue weighted by molar-refractivity contribution is 5.99. The maximum atomic E-state index is 5.86. The van der Waals surface area contributed by atoms with Gasteiger partial charge in [0.25, 0.3) is 0 Å². The molecular weight excluding hydrogens is 358 g/mol. The predicted molar refractivity (Wildman–Crippen MR) is 109 cm³/mol. The molecule has 0 bridgehead atoms. The fraction of sp³-hybridized carbons (Fsp3) is 0.316. The van der Waals surface area contributed by atoms with Gasteiger partial charge in [-0.3, -0.25) is 10.3 Å². The Labute approximate surface area is 162 Å². The molecule has 3 heterocycles. The van der Waals surface area contributed by atoms with E-state index in [9.17, 15) is 0 Å². The first kappa shape index (κ1) is 18.2. The molecule has 0 aliphatic carbocycles. The molecule has 28 heavy (non-hydrogen) atoms. The minimum atomic E-state index is 0.234. The standard InChI is InChI=1S/C19H23N7O2/c20-17-11-18(24-19(23-17)28-10-7-26-5-8-27-9-6-26)25-22-13-14-12-21-16-4-2-1-3-15(14)16/h1-4,11-13,21H,5-10H2,(H3,20,23,24,25). The predicted octanol–water partition coefficient (Wildman–Crippen LogP) is 1.70. The number of nitrogens with zero attached hydrogens (tertiary/aromatic N) is 4. The van der Waals surface area contributed by atoms with Gasteiger partial charge < -0.3 is 20.2 Å². The summed E-state index contributed by atoms with van der Waals surface area (Å²) in [5.41, 5.74) is 10.8. The number of H-pyrrole nitrogens is 1. The highest BCUT2D eigenvalue weighted by Crippen LogP contribution is 2.16. The van der Waals surface area contributed by atoms with Crippen molar-refractivity contribution < 1.29 is 9.47 Å². The first-order valence-electron chi connectivity index (χ1n) is 9.20. The van der Waals surface area contributed by atoms with Crippen LogP contribution in [-0.2, 0) is 4.74 Å². The van der Waals surface area contributed by atoms with Gasteiger partial charge in [0.15, 0.2) is 5.82 Å². The third kappa shape index (κ3) is 4.56. The molecule has 0 unspecified atom stereocenters. The quantitative estimate of drug-likeness (QED) is 0.422. The molecule has 1 aromatic carbocycles. The number of nitrogen functional groups attached to an aromatic ring is 1. The van der Waals surface area contributed by atoms with Gasteiger partial charge in [-0.25, -0.2) is 0 Å². The number of ether oxygens (including phenoxy) is 2. The molecule has 9 heteroatoms. The number of anilines is 2. The van der Waals surface area contributed by atoms with Crippen LogP contribution in [0, 0.1) is 0 Å². The Kier molecular flexibility index (Phi) is 5.64. The van der Waals surface area contributed by atoms with E-state index in [0.29, 0.717) is 18.2 Å². The summed E-state index contributed by atoms with van der Waals surface area (Å²) in [5.74, 6) is 0.797. The second-order valence-electron chi connectivity index (χ2n) is 6.42. The Morgan fingerprint density at radius 3 is 3.04 bits per heavy atom. The van der Waals surface area contributed by atoms with Crippen LogP contribution in [0.5, 0.6) is 6.01 Å². The van der Waals surface area contributed by atoms with Crippen molar-refractivity contribution in [3.05, 3.63) is 42.1 Å². The molecule has 0 amide bonds. The molecule has 1 fully saturated rings. The molecule has 0 radical (unpaired) electrons. The van der Waals surface area contributed by atoms with Crippen molar-refractivity contribution in [2.45, 2.75) is 0 Å². The van der Waals surface area contributed by atoms with E-state index < -0.39 is 0 Å². The Morgan fingerprint density at radius 2 is 2.14 bits per heavy atom. The van der Waals surface area contributed by atoms with E-state index in [1.165, 1.54) is 0 Å². The van der Waals surface area contributed by atoms with Crippen LogP contribution in [-0.4, -0.2) is 65.5 Å². The summed E-state index contributed by atoms with van der Waals surface area (Å²) >= 11 is 0. The number of benzene rings is 1. The van der Waals surface area contributed by atoms with Crippen LogP contribution in [0.25, 0.3) is 10.9 Å². The monoisotopic (exact) mass is 381 g/mol. The Hall–Kier alpha value is -3.17. The van der Waals surface area contributed by atoms with E-state index in [-0.39, 0.29) is 6.01 Å². The number of para-hydroxylation sites is 1. The van der Waals surface area contributed by atoms with E-state index in [1.54, 1.807) is 12.3 Å². The van der Waals surface area contributed by atoms with Crippen molar-refractivity contribution in [3.63, 3.8) is 0 Å². The summed E-state index contributed by atoms with van der Waals surface area (Å²) in [4.78, 5) is 13.9. The van der Waals surface area contributed by atoms with Crippen LogP contribution in [0.1, 0.15) is 5.56 Å². The van der Waals surface area contributed by atoms with Crippen LogP contribution >= 0.6 is 0 Å². The second kappa shape index (κ2) is 8.68. The third-order valence-electron chi connectivity index (χ3n) is 4.47. The van der Waals surface area contributed by atoms with Gasteiger partial charge in [0.2, 0.25) is 0 Å². The fourth-order valence-corrected chi connectivity index (χ4v) is 3.02. The zero-order chi connectivity index (χ0) is 19.2. The Bertz CT molecular complexity index is 950. The average Bonchev–Trinajstić information content (AvgIpc) is 3.12. The minimum Gasteiger partial charge on any atom is -0.462 e. The van der Waals surface area contributed by atoms with Crippen LogP contribution in [0.3, 0.4) is 0 Å². The summed E-state index contributed by atoms with van der Waals surface area (Å²) in [5, 5.41) is 5.35. The summed E-state index contributed by atoms with van der Waals surface area (Å²) in [6, 6.07) is 9.89. The maximum Gasteiger partial charge on any atom is 0.320 e. The Morgan fingerprint density at radius 1 is 1.29 bits per heavy atom. The van der Waals surface area contributed by atoms with Gasteiger partial charge in [0, 0.05) is 48.4 Å². The first-order valence-corrected chi connectivity index (χ1v) is 9.20. The molecular formula is C19H23N7O2. The summed E-state index contributed by atoms with van der Waals surface area (Å²) < 4.78 is 11.0. The number of nitrogens with two attached hydrogens (primary N) is 1. The number of aromatic nitrogens is 3. The van der Waals surface area contributed by atoms with E-state index in [0.717, 1.165) is 49.3 Å². The number of morpholine rings is 1. The van der Waals surface area contributed by atoms with Crippen molar-refractivity contribution in [2.75, 3.05) is 50.6 Å². The van der Waals surface area contributed by atoms with Crippen molar-refractivity contribution in [3.8, 4) is 6.01 Å². The van der Waals surface area contributed by atoms with Crippen LogP contribution < -0.4 is 15.9 Å². The first-order chi connectivity index (χ1) is 13.8. The topological polar surface area (TPSA) is 114 Å². The summed E-state index contributed by atoms with van der Waals surface area (Å²) in [6.07, 6.45) is 3.64. The molecule has 0 saturated carbocycles. The maximum absolute atomic E-state index is 5.86. The molecule has 1 aliphatic heterocycles. The van der Waals surface area contributed by atoms with Gasteiger partial charge in [-0.05, 0) is 6.07 Å². The molecule has 3 aromatic rings. The third-order valence-corrected chi connectivity index (χ3v) is 4.47. The molecule has 4 N–H and O–H groups in total. The summed E-state index contributed by atoms with van der Waals surface area (Å²) in [7, 11) is 0. The second-order valence-corrected chi connectivity index (χ2v) is 6.42.